The second-order valence-electron chi connectivity index (χ2n) is 2.48. The van der Waals surface area contributed by atoms with Gasteiger partial charge in [0, 0.05) is 9.13 Å². The zero-order valence-electron chi connectivity index (χ0n) is 7.01. The molecule has 0 N–H and O–H groups in total. The summed E-state index contributed by atoms with van der Waals surface area (Å²) in [5.74, 6) is 0.198. The molecular formula is C9H8FIOS. The molecule has 0 fully saturated rings. The predicted octanol–water partition coefficient (Wildman–Crippen LogP) is 2.98. The maximum Gasteiger partial charge on any atom is 0.173 e. The van der Waals surface area contributed by atoms with Gasteiger partial charge in [0.2, 0.25) is 0 Å². The van der Waals surface area contributed by atoms with Gasteiger partial charge in [-0.2, -0.15) is 11.8 Å². The Morgan fingerprint density at radius 1 is 1.62 bits per heavy atom. The Hall–Kier alpha value is -0.100. The monoisotopic (exact) mass is 310 g/mol. The van der Waals surface area contributed by atoms with Crippen LogP contribution in [0.15, 0.2) is 18.2 Å². The minimum atomic E-state index is -0.301. The molecule has 0 heterocycles. The van der Waals surface area contributed by atoms with Crippen LogP contribution in [0.4, 0.5) is 4.39 Å². The molecule has 0 unspecified atom stereocenters. The molecule has 0 amide bonds. The Kier molecular flexibility index (Phi) is 4.18. The van der Waals surface area contributed by atoms with Crippen molar-refractivity contribution >= 4 is 40.1 Å². The number of halogens is 2. The van der Waals surface area contributed by atoms with Gasteiger partial charge in [0.25, 0.3) is 0 Å². The first-order chi connectivity index (χ1) is 6.15. The molecule has 1 rings (SSSR count). The van der Waals surface area contributed by atoms with Gasteiger partial charge in [-0.25, -0.2) is 4.39 Å². The van der Waals surface area contributed by atoms with Crippen LogP contribution in [0.2, 0.25) is 0 Å². The fourth-order valence-corrected chi connectivity index (χ4v) is 2.12. The summed E-state index contributed by atoms with van der Waals surface area (Å²) in [4.78, 5) is 11.4. The van der Waals surface area contributed by atoms with Crippen LogP contribution in [-0.2, 0) is 0 Å². The number of ketones is 1. The minimum Gasteiger partial charge on any atom is -0.293 e. The second kappa shape index (κ2) is 4.95. The predicted molar refractivity (Wildman–Crippen MR) is 61.8 cm³/mol. The summed E-state index contributed by atoms with van der Waals surface area (Å²) in [6.07, 6.45) is 1.87. The first-order valence-corrected chi connectivity index (χ1v) is 6.09. The first-order valence-electron chi connectivity index (χ1n) is 3.62. The van der Waals surface area contributed by atoms with Gasteiger partial charge in [-0.3, -0.25) is 4.79 Å². The Morgan fingerprint density at radius 2 is 2.31 bits per heavy atom. The average Bonchev–Trinajstić information content (AvgIpc) is 2.04. The third-order valence-corrected chi connectivity index (χ3v) is 2.95. The minimum absolute atomic E-state index is 0.0527. The highest BCUT2D eigenvalue weighted by Gasteiger charge is 2.09. The van der Waals surface area contributed by atoms with Crippen LogP contribution in [0.5, 0.6) is 0 Å². The van der Waals surface area contributed by atoms with E-state index in [0.717, 1.165) is 0 Å². The van der Waals surface area contributed by atoms with Crippen molar-refractivity contribution < 1.29 is 9.18 Å². The number of thioether (sulfide) groups is 1. The van der Waals surface area contributed by atoms with Crippen molar-refractivity contribution in [3.8, 4) is 0 Å². The Balaban J connectivity index is 2.95. The van der Waals surface area contributed by atoms with E-state index in [2.05, 4.69) is 0 Å². The number of benzene rings is 1. The van der Waals surface area contributed by atoms with Gasteiger partial charge in [0.15, 0.2) is 5.78 Å². The SMILES string of the molecule is CSCC(=O)c1ccc(F)cc1I. The van der Waals surface area contributed by atoms with E-state index in [1.807, 2.05) is 28.8 Å². The molecule has 0 saturated carbocycles. The maximum atomic E-state index is 12.7. The number of Topliss-reactive ketones (excluding diaryl/α,β-unsaturated/α-hetero) is 1. The molecule has 0 saturated heterocycles. The van der Waals surface area contributed by atoms with Gasteiger partial charge in [-0.05, 0) is 47.0 Å². The first kappa shape index (κ1) is 11.0. The van der Waals surface area contributed by atoms with Crippen molar-refractivity contribution in [2.45, 2.75) is 0 Å². The van der Waals surface area contributed by atoms with Crippen molar-refractivity contribution in [3.63, 3.8) is 0 Å². The van der Waals surface area contributed by atoms with Crippen molar-refractivity contribution in [3.05, 3.63) is 33.1 Å². The number of carbonyl (C=O) groups excluding carboxylic acids is 1. The third kappa shape index (κ3) is 2.95. The van der Waals surface area contributed by atoms with Gasteiger partial charge in [-0.15, -0.1) is 0 Å². The molecule has 1 nitrogen and oxygen atoms in total. The molecule has 0 spiro atoms. The molecule has 0 radical (unpaired) electrons. The van der Waals surface area contributed by atoms with E-state index in [4.69, 9.17) is 0 Å². The molecule has 13 heavy (non-hydrogen) atoms. The molecule has 0 aliphatic carbocycles. The summed E-state index contributed by atoms with van der Waals surface area (Å²) < 4.78 is 13.4. The van der Waals surface area contributed by atoms with E-state index >= 15 is 0 Å². The van der Waals surface area contributed by atoms with E-state index in [0.29, 0.717) is 14.9 Å². The molecule has 0 aliphatic heterocycles. The van der Waals surface area contributed by atoms with E-state index < -0.39 is 0 Å². The van der Waals surface area contributed by atoms with Crippen LogP contribution in [0.25, 0.3) is 0 Å². The van der Waals surface area contributed by atoms with Gasteiger partial charge in [0.05, 0.1) is 5.75 Å². The van der Waals surface area contributed by atoms with Crippen molar-refractivity contribution in [1.29, 1.82) is 0 Å². The van der Waals surface area contributed by atoms with Crippen LogP contribution in [-0.4, -0.2) is 17.8 Å². The fraction of sp³-hybridized carbons (Fsp3) is 0.222. The van der Waals surface area contributed by atoms with E-state index in [1.54, 1.807) is 0 Å². The normalized spacial score (nSPS) is 10.1. The van der Waals surface area contributed by atoms with Gasteiger partial charge in [0.1, 0.15) is 5.82 Å². The second-order valence-corrected chi connectivity index (χ2v) is 4.51. The van der Waals surface area contributed by atoms with Crippen LogP contribution >= 0.6 is 34.4 Å². The molecule has 1 aromatic carbocycles. The Morgan fingerprint density at radius 3 is 2.85 bits per heavy atom. The largest absolute Gasteiger partial charge is 0.293 e. The smallest absolute Gasteiger partial charge is 0.173 e. The molecule has 4 heteroatoms. The summed E-state index contributed by atoms with van der Waals surface area (Å²) in [7, 11) is 0. The molecule has 0 bridgehead atoms. The van der Waals surface area contributed by atoms with Crippen LogP contribution in [0, 0.1) is 9.39 Å². The van der Waals surface area contributed by atoms with E-state index in [1.165, 1.54) is 30.0 Å². The van der Waals surface area contributed by atoms with E-state index in [9.17, 15) is 9.18 Å². The number of carbonyl (C=O) groups is 1. The molecule has 0 aliphatic rings. The van der Waals surface area contributed by atoms with Gasteiger partial charge < -0.3 is 0 Å². The standard InChI is InChI=1S/C9H8FIOS/c1-13-5-9(12)7-3-2-6(10)4-8(7)11/h2-4H,5H2,1H3. The zero-order valence-corrected chi connectivity index (χ0v) is 9.99. The molecular weight excluding hydrogens is 302 g/mol. The highest BCUT2D eigenvalue weighted by molar-refractivity contribution is 14.1. The topological polar surface area (TPSA) is 17.1 Å². The van der Waals surface area contributed by atoms with E-state index in [-0.39, 0.29) is 11.6 Å². The lowest BCUT2D eigenvalue weighted by Gasteiger charge is -2.01. The molecule has 0 atom stereocenters. The maximum absolute atomic E-state index is 12.7. The van der Waals surface area contributed by atoms with Gasteiger partial charge in [-0.1, -0.05) is 0 Å². The summed E-state index contributed by atoms with van der Waals surface area (Å²) in [5.41, 5.74) is 0.608. The van der Waals surface area contributed by atoms with Crippen LogP contribution in [0.3, 0.4) is 0 Å². The van der Waals surface area contributed by atoms with Crippen LogP contribution < -0.4 is 0 Å². The Bertz CT molecular complexity index is 327. The lowest BCUT2D eigenvalue weighted by Crippen LogP contribution is -2.04. The van der Waals surface area contributed by atoms with Gasteiger partial charge >= 0.3 is 0 Å². The number of hydrogen-bond acceptors (Lipinski definition) is 2. The van der Waals surface area contributed by atoms with Crippen molar-refractivity contribution in [2.24, 2.45) is 0 Å². The third-order valence-electron chi connectivity index (χ3n) is 1.51. The summed E-state index contributed by atoms with van der Waals surface area (Å²) in [5, 5.41) is 0. The lowest BCUT2D eigenvalue weighted by molar-refractivity contribution is 0.102. The number of hydrogen-bond donors (Lipinski definition) is 0. The summed E-state index contributed by atoms with van der Waals surface area (Å²) in [6.45, 7) is 0. The molecule has 0 aromatic heterocycles. The summed E-state index contributed by atoms with van der Waals surface area (Å²) >= 11 is 3.44. The number of rotatable bonds is 3. The van der Waals surface area contributed by atoms with Crippen molar-refractivity contribution in [2.75, 3.05) is 12.0 Å². The molecule has 1 aromatic rings. The molecule has 70 valence electrons. The Labute approximate surface area is 94.2 Å². The average molecular weight is 310 g/mol. The highest BCUT2D eigenvalue weighted by atomic mass is 127. The fourth-order valence-electron chi connectivity index (χ4n) is 0.924. The lowest BCUT2D eigenvalue weighted by atomic mass is 10.1. The van der Waals surface area contributed by atoms with Crippen molar-refractivity contribution in [1.82, 2.24) is 0 Å². The summed E-state index contributed by atoms with van der Waals surface area (Å²) in [6, 6.07) is 4.22. The van der Waals surface area contributed by atoms with Crippen LogP contribution in [0.1, 0.15) is 10.4 Å². The zero-order chi connectivity index (χ0) is 9.84. The quantitative estimate of drug-likeness (QED) is 0.631. The highest BCUT2D eigenvalue weighted by Crippen LogP contribution is 2.15.